The Morgan fingerprint density at radius 3 is 2.47 bits per heavy atom. The number of esters is 1. The van der Waals surface area contributed by atoms with E-state index >= 15 is 0 Å². The van der Waals surface area contributed by atoms with Crippen LogP contribution in [0.25, 0.3) is 0 Å². The highest BCUT2D eigenvalue weighted by atomic mass is 16.6. The predicted molar refractivity (Wildman–Crippen MR) is 62.8 cm³/mol. The molecule has 0 rings (SSSR count). The van der Waals surface area contributed by atoms with Gasteiger partial charge in [-0.3, -0.25) is 4.79 Å². The summed E-state index contributed by atoms with van der Waals surface area (Å²) in [5.41, 5.74) is -0.367. The fourth-order valence-corrected chi connectivity index (χ4v) is 1.08. The lowest BCUT2D eigenvalue weighted by atomic mass is 10.1. The van der Waals surface area contributed by atoms with Gasteiger partial charge >= 0.3 is 5.97 Å². The van der Waals surface area contributed by atoms with E-state index in [1.54, 1.807) is 0 Å². The molecule has 0 bridgehead atoms. The van der Waals surface area contributed by atoms with Crippen molar-refractivity contribution in [3.63, 3.8) is 0 Å². The van der Waals surface area contributed by atoms with Crippen LogP contribution in [0.2, 0.25) is 0 Å². The molecule has 0 spiro atoms. The van der Waals surface area contributed by atoms with E-state index in [4.69, 9.17) is 4.74 Å². The Morgan fingerprint density at radius 1 is 1.40 bits per heavy atom. The standard InChI is InChI=1S/C12H25NO2/c1-6-10(2)9-13-8-7-11(14)15-12(3,4)5/h10,13H,6-9H2,1-5H3. The zero-order chi connectivity index (χ0) is 11.9. The van der Waals surface area contributed by atoms with Gasteiger partial charge in [-0.05, 0) is 33.2 Å². The van der Waals surface area contributed by atoms with Gasteiger partial charge < -0.3 is 10.1 Å². The van der Waals surface area contributed by atoms with Gasteiger partial charge in [0.2, 0.25) is 0 Å². The van der Waals surface area contributed by atoms with Crippen molar-refractivity contribution in [2.45, 2.75) is 53.1 Å². The third-order valence-electron chi connectivity index (χ3n) is 2.12. The van der Waals surface area contributed by atoms with Crippen LogP contribution in [0, 0.1) is 5.92 Å². The summed E-state index contributed by atoms with van der Waals surface area (Å²) in [6.45, 7) is 11.7. The lowest BCUT2D eigenvalue weighted by Crippen LogP contribution is -2.28. The van der Waals surface area contributed by atoms with Gasteiger partial charge in [0.1, 0.15) is 5.60 Å². The van der Waals surface area contributed by atoms with E-state index in [9.17, 15) is 4.79 Å². The topological polar surface area (TPSA) is 38.3 Å². The number of ether oxygens (including phenoxy) is 1. The first-order valence-corrected chi connectivity index (χ1v) is 5.77. The third-order valence-corrected chi connectivity index (χ3v) is 2.12. The van der Waals surface area contributed by atoms with E-state index < -0.39 is 0 Å². The van der Waals surface area contributed by atoms with E-state index in [1.807, 2.05) is 20.8 Å². The van der Waals surface area contributed by atoms with Crippen LogP contribution in [0.1, 0.15) is 47.5 Å². The minimum Gasteiger partial charge on any atom is -0.460 e. The highest BCUT2D eigenvalue weighted by Crippen LogP contribution is 2.07. The number of rotatable bonds is 6. The molecule has 0 aromatic rings. The summed E-state index contributed by atoms with van der Waals surface area (Å²) in [4.78, 5) is 11.3. The van der Waals surface area contributed by atoms with Gasteiger partial charge in [-0.1, -0.05) is 20.3 Å². The highest BCUT2D eigenvalue weighted by molar-refractivity contribution is 5.70. The molecule has 0 radical (unpaired) electrons. The summed E-state index contributed by atoms with van der Waals surface area (Å²) in [5, 5.41) is 3.25. The maximum atomic E-state index is 11.3. The second kappa shape index (κ2) is 6.83. The number of carbonyl (C=O) groups is 1. The van der Waals surface area contributed by atoms with Crippen LogP contribution in [0.4, 0.5) is 0 Å². The molecule has 1 unspecified atom stereocenters. The summed E-state index contributed by atoms with van der Waals surface area (Å²) >= 11 is 0. The van der Waals surface area contributed by atoms with Crippen LogP contribution < -0.4 is 5.32 Å². The molecule has 0 aliphatic carbocycles. The van der Waals surface area contributed by atoms with Crippen molar-refractivity contribution in [1.82, 2.24) is 5.32 Å². The second-order valence-electron chi connectivity index (χ2n) is 5.05. The Kier molecular flexibility index (Phi) is 6.57. The zero-order valence-corrected chi connectivity index (χ0v) is 10.7. The molecule has 1 atom stereocenters. The van der Waals surface area contributed by atoms with E-state index in [2.05, 4.69) is 19.2 Å². The zero-order valence-electron chi connectivity index (χ0n) is 10.7. The maximum Gasteiger partial charge on any atom is 0.307 e. The van der Waals surface area contributed by atoms with Gasteiger partial charge in [0.15, 0.2) is 0 Å². The van der Waals surface area contributed by atoms with Gasteiger partial charge in [-0.15, -0.1) is 0 Å². The molecule has 0 saturated carbocycles. The molecule has 0 aliphatic rings. The molecule has 15 heavy (non-hydrogen) atoms. The molecule has 3 heteroatoms. The fraction of sp³-hybridized carbons (Fsp3) is 0.917. The van der Waals surface area contributed by atoms with Crippen LogP contribution in [-0.2, 0) is 9.53 Å². The van der Waals surface area contributed by atoms with Gasteiger partial charge in [0, 0.05) is 6.54 Å². The van der Waals surface area contributed by atoms with Crippen molar-refractivity contribution in [1.29, 1.82) is 0 Å². The van der Waals surface area contributed by atoms with Gasteiger partial charge in [0.05, 0.1) is 6.42 Å². The Balaban J connectivity index is 3.48. The summed E-state index contributed by atoms with van der Waals surface area (Å²) in [6.07, 6.45) is 1.62. The van der Waals surface area contributed by atoms with Gasteiger partial charge in [0.25, 0.3) is 0 Å². The van der Waals surface area contributed by atoms with E-state index in [0.717, 1.165) is 6.54 Å². The Labute approximate surface area is 93.6 Å². The molecule has 0 amide bonds. The molecule has 0 saturated heterocycles. The Hall–Kier alpha value is -0.570. The van der Waals surface area contributed by atoms with Crippen LogP contribution >= 0.6 is 0 Å². The first-order valence-electron chi connectivity index (χ1n) is 5.77. The SMILES string of the molecule is CCC(C)CNCCC(=O)OC(C)(C)C. The third kappa shape index (κ3) is 9.73. The minimum absolute atomic E-state index is 0.126. The fourth-order valence-electron chi connectivity index (χ4n) is 1.08. The average molecular weight is 215 g/mol. The van der Waals surface area contributed by atoms with Crippen LogP contribution in [0.5, 0.6) is 0 Å². The number of hydrogen-bond acceptors (Lipinski definition) is 3. The average Bonchev–Trinajstić information content (AvgIpc) is 2.09. The monoisotopic (exact) mass is 215 g/mol. The molecule has 1 N–H and O–H groups in total. The Morgan fingerprint density at radius 2 is 2.00 bits per heavy atom. The van der Waals surface area contributed by atoms with Crippen molar-refractivity contribution >= 4 is 5.97 Å². The minimum atomic E-state index is -0.367. The first kappa shape index (κ1) is 14.4. The highest BCUT2D eigenvalue weighted by Gasteiger charge is 2.15. The molecular formula is C12H25NO2. The van der Waals surface area contributed by atoms with Crippen molar-refractivity contribution in [2.75, 3.05) is 13.1 Å². The van der Waals surface area contributed by atoms with Crippen molar-refractivity contribution < 1.29 is 9.53 Å². The van der Waals surface area contributed by atoms with Crippen LogP contribution in [0.3, 0.4) is 0 Å². The smallest absolute Gasteiger partial charge is 0.307 e. The summed E-state index contributed by atoms with van der Waals surface area (Å²) in [5.74, 6) is 0.544. The number of nitrogens with one attached hydrogen (secondary N) is 1. The summed E-state index contributed by atoms with van der Waals surface area (Å²) in [6, 6.07) is 0. The van der Waals surface area contributed by atoms with E-state index in [0.29, 0.717) is 18.9 Å². The number of carbonyl (C=O) groups excluding carboxylic acids is 1. The number of hydrogen-bond donors (Lipinski definition) is 1. The second-order valence-corrected chi connectivity index (χ2v) is 5.05. The van der Waals surface area contributed by atoms with Crippen LogP contribution in [0.15, 0.2) is 0 Å². The van der Waals surface area contributed by atoms with Crippen molar-refractivity contribution in [3.05, 3.63) is 0 Å². The predicted octanol–water partition coefficient (Wildman–Crippen LogP) is 2.35. The lowest BCUT2D eigenvalue weighted by Gasteiger charge is -2.19. The molecular weight excluding hydrogens is 190 g/mol. The van der Waals surface area contributed by atoms with Crippen LogP contribution in [-0.4, -0.2) is 24.7 Å². The molecule has 3 nitrogen and oxygen atoms in total. The van der Waals surface area contributed by atoms with E-state index in [1.165, 1.54) is 6.42 Å². The largest absolute Gasteiger partial charge is 0.460 e. The quantitative estimate of drug-likeness (QED) is 0.546. The van der Waals surface area contributed by atoms with Gasteiger partial charge in [-0.25, -0.2) is 0 Å². The van der Waals surface area contributed by atoms with Crippen molar-refractivity contribution in [3.8, 4) is 0 Å². The first-order chi connectivity index (χ1) is 6.85. The molecule has 0 heterocycles. The lowest BCUT2D eigenvalue weighted by molar-refractivity contribution is -0.154. The van der Waals surface area contributed by atoms with E-state index in [-0.39, 0.29) is 11.6 Å². The summed E-state index contributed by atoms with van der Waals surface area (Å²) in [7, 11) is 0. The van der Waals surface area contributed by atoms with Gasteiger partial charge in [-0.2, -0.15) is 0 Å². The molecule has 90 valence electrons. The Bertz CT molecular complexity index is 185. The molecule has 0 aromatic heterocycles. The normalized spacial score (nSPS) is 13.7. The molecule has 0 fully saturated rings. The maximum absolute atomic E-state index is 11.3. The van der Waals surface area contributed by atoms with Crippen molar-refractivity contribution in [2.24, 2.45) is 5.92 Å². The summed E-state index contributed by atoms with van der Waals surface area (Å²) < 4.78 is 5.19. The molecule has 0 aromatic carbocycles. The molecule has 0 aliphatic heterocycles.